The molecule has 1 heteroatoms. The van der Waals surface area contributed by atoms with Crippen LogP contribution in [0.1, 0.15) is 13.8 Å². The van der Waals surface area contributed by atoms with E-state index in [0.29, 0.717) is 0 Å². The molecule has 0 radical (unpaired) electrons. The van der Waals surface area contributed by atoms with Gasteiger partial charge in [-0.25, -0.2) is 0 Å². The molecule has 0 bridgehead atoms. The zero-order chi connectivity index (χ0) is 5.54. The second-order valence-electron chi connectivity index (χ2n) is 1.38. The van der Waals surface area contributed by atoms with Crippen LogP contribution < -0.4 is 5.32 Å². The largest absolute Gasteiger partial charge is 0.314 e. The normalized spacial score (nSPS) is 10.6. The van der Waals surface area contributed by atoms with Gasteiger partial charge in [0.05, 0.1) is 0 Å². The lowest BCUT2D eigenvalue weighted by atomic mass is 10.5. The van der Waals surface area contributed by atoms with Gasteiger partial charge in [-0.3, -0.25) is 0 Å². The molecule has 0 spiro atoms. The van der Waals surface area contributed by atoms with Crippen LogP contribution in [0.2, 0.25) is 0 Å². The maximum Gasteiger partial charge on any atom is 0.0134 e. The van der Waals surface area contributed by atoms with E-state index in [1.807, 2.05) is 13.0 Å². The third-order valence-corrected chi connectivity index (χ3v) is 0.748. The van der Waals surface area contributed by atoms with E-state index in [1.165, 1.54) is 0 Å². The van der Waals surface area contributed by atoms with Crippen LogP contribution in [-0.2, 0) is 0 Å². The highest BCUT2D eigenvalue weighted by Gasteiger charge is 1.68. The topological polar surface area (TPSA) is 12.0 Å². The predicted octanol–water partition coefficient (Wildman–Crippen LogP) is 1.17. The van der Waals surface area contributed by atoms with E-state index in [-0.39, 0.29) is 0 Å². The van der Waals surface area contributed by atoms with E-state index < -0.39 is 0 Å². The molecule has 0 aromatic heterocycles. The Hall–Kier alpha value is -0.300. The summed E-state index contributed by atoms with van der Waals surface area (Å²) in [7, 11) is 0. The molecule has 0 saturated carbocycles. The molecule has 1 nitrogen and oxygen atoms in total. The van der Waals surface area contributed by atoms with Crippen molar-refractivity contribution in [2.45, 2.75) is 13.8 Å². The van der Waals surface area contributed by atoms with Crippen LogP contribution in [0.5, 0.6) is 0 Å². The average molecular weight is 99.2 g/mol. The van der Waals surface area contributed by atoms with Crippen LogP contribution in [0, 0.1) is 0 Å². The van der Waals surface area contributed by atoms with E-state index >= 15 is 0 Å². The predicted molar refractivity (Wildman–Crippen MR) is 33.4 cm³/mol. The highest BCUT2D eigenvalue weighted by Crippen LogP contribution is 1.64. The molecule has 0 rings (SSSR count). The average Bonchev–Trinajstić information content (AvgIpc) is 1.69. The summed E-state index contributed by atoms with van der Waals surface area (Å²) < 4.78 is 0. The first-order valence-corrected chi connectivity index (χ1v) is 2.73. The summed E-state index contributed by atoms with van der Waals surface area (Å²) in [5.41, 5.74) is 0. The van der Waals surface area contributed by atoms with Crippen molar-refractivity contribution in [2.24, 2.45) is 0 Å². The van der Waals surface area contributed by atoms with Gasteiger partial charge in [0.2, 0.25) is 0 Å². The van der Waals surface area contributed by atoms with Crippen molar-refractivity contribution < 1.29 is 0 Å². The second-order valence-corrected chi connectivity index (χ2v) is 1.38. The first kappa shape index (κ1) is 6.70. The Morgan fingerprint density at radius 2 is 2.29 bits per heavy atom. The molecule has 7 heavy (non-hydrogen) atoms. The van der Waals surface area contributed by atoms with Gasteiger partial charge in [0.15, 0.2) is 0 Å². The van der Waals surface area contributed by atoms with Crippen molar-refractivity contribution >= 4 is 0 Å². The Labute approximate surface area is 45.4 Å². The fraction of sp³-hybridized carbons (Fsp3) is 0.667. The summed E-state index contributed by atoms with van der Waals surface area (Å²) in [6, 6.07) is 0. The van der Waals surface area contributed by atoms with Crippen molar-refractivity contribution in [2.75, 3.05) is 13.1 Å². The van der Waals surface area contributed by atoms with E-state index in [4.69, 9.17) is 0 Å². The van der Waals surface area contributed by atoms with Gasteiger partial charge in [-0.2, -0.15) is 0 Å². The molecule has 0 amide bonds. The molecule has 0 unspecified atom stereocenters. The maximum absolute atomic E-state index is 3.16. The Balaban J connectivity index is 2.69. The molecular weight excluding hydrogens is 86.1 g/mol. The number of nitrogens with one attached hydrogen (secondary N) is 1. The second kappa shape index (κ2) is 5.70. The lowest BCUT2D eigenvalue weighted by molar-refractivity contribution is 0.799. The van der Waals surface area contributed by atoms with E-state index in [1.54, 1.807) is 0 Å². The fourth-order valence-corrected chi connectivity index (χ4v) is 0.346. The number of rotatable bonds is 3. The van der Waals surface area contributed by atoms with E-state index in [0.717, 1.165) is 13.1 Å². The zero-order valence-corrected chi connectivity index (χ0v) is 5.07. The zero-order valence-electron chi connectivity index (χ0n) is 5.07. The lowest BCUT2D eigenvalue weighted by Gasteiger charge is -1.89. The van der Waals surface area contributed by atoms with Gasteiger partial charge in [-0.1, -0.05) is 19.1 Å². The van der Waals surface area contributed by atoms with Gasteiger partial charge in [-0.15, -0.1) is 0 Å². The van der Waals surface area contributed by atoms with E-state index in [9.17, 15) is 0 Å². The third kappa shape index (κ3) is 5.70. The SMILES string of the molecule is CC=CCNCC. The van der Waals surface area contributed by atoms with Gasteiger partial charge in [0, 0.05) is 6.54 Å². The molecule has 42 valence electrons. The summed E-state index contributed by atoms with van der Waals surface area (Å²) in [6.45, 7) is 6.19. The summed E-state index contributed by atoms with van der Waals surface area (Å²) in [5.74, 6) is 0. The number of likely N-dealkylation sites (N-methyl/N-ethyl adjacent to an activating group) is 1. The minimum atomic E-state index is 1.01. The Morgan fingerprint density at radius 1 is 1.57 bits per heavy atom. The van der Waals surface area contributed by atoms with Crippen LogP contribution >= 0.6 is 0 Å². The van der Waals surface area contributed by atoms with Crippen LogP contribution in [-0.4, -0.2) is 13.1 Å². The van der Waals surface area contributed by atoms with Crippen LogP contribution in [0.4, 0.5) is 0 Å². The molecule has 0 atom stereocenters. The smallest absolute Gasteiger partial charge is 0.0134 e. The van der Waals surface area contributed by atoms with Crippen LogP contribution in [0.25, 0.3) is 0 Å². The summed E-state index contributed by atoms with van der Waals surface area (Å²) in [6.07, 6.45) is 4.14. The van der Waals surface area contributed by atoms with E-state index in [2.05, 4.69) is 18.3 Å². The first-order valence-electron chi connectivity index (χ1n) is 2.73. The molecule has 0 aromatic carbocycles. The van der Waals surface area contributed by atoms with Crippen molar-refractivity contribution in [3.63, 3.8) is 0 Å². The molecule has 0 heterocycles. The molecule has 0 aliphatic rings. The third-order valence-electron chi connectivity index (χ3n) is 0.748. The minimum Gasteiger partial charge on any atom is -0.314 e. The number of hydrogen-bond donors (Lipinski definition) is 1. The Kier molecular flexibility index (Phi) is 5.46. The molecule has 1 N–H and O–H groups in total. The van der Waals surface area contributed by atoms with Gasteiger partial charge in [-0.05, 0) is 13.5 Å². The van der Waals surface area contributed by atoms with Gasteiger partial charge in [0.25, 0.3) is 0 Å². The Bertz CT molecular complexity index is 48.1. The Morgan fingerprint density at radius 3 is 2.71 bits per heavy atom. The van der Waals surface area contributed by atoms with Crippen LogP contribution in [0.15, 0.2) is 12.2 Å². The van der Waals surface area contributed by atoms with Crippen molar-refractivity contribution in [1.29, 1.82) is 0 Å². The molecule has 0 fully saturated rings. The maximum atomic E-state index is 3.16. The molecule has 0 saturated heterocycles. The highest BCUT2D eigenvalue weighted by molar-refractivity contribution is 4.78. The molecular formula is C6H13N. The number of hydrogen-bond acceptors (Lipinski definition) is 1. The monoisotopic (exact) mass is 99.1 g/mol. The van der Waals surface area contributed by atoms with Crippen LogP contribution in [0.3, 0.4) is 0 Å². The summed E-state index contributed by atoms with van der Waals surface area (Å²) in [5, 5.41) is 3.16. The highest BCUT2D eigenvalue weighted by atomic mass is 14.8. The molecule has 0 aliphatic carbocycles. The summed E-state index contributed by atoms with van der Waals surface area (Å²) >= 11 is 0. The fourth-order valence-electron chi connectivity index (χ4n) is 0.346. The number of allylic oxidation sites excluding steroid dienone is 1. The standard InChI is InChI=1S/C6H13N/c1-3-5-6-7-4-2/h3,5,7H,4,6H2,1-2H3. The lowest BCUT2D eigenvalue weighted by Crippen LogP contribution is -2.11. The molecule has 0 aromatic rings. The quantitative estimate of drug-likeness (QED) is 0.413. The van der Waals surface area contributed by atoms with Crippen molar-refractivity contribution in [1.82, 2.24) is 5.32 Å². The minimum absolute atomic E-state index is 1.01. The summed E-state index contributed by atoms with van der Waals surface area (Å²) in [4.78, 5) is 0. The van der Waals surface area contributed by atoms with Crippen molar-refractivity contribution in [3.8, 4) is 0 Å². The van der Waals surface area contributed by atoms with Crippen molar-refractivity contribution in [3.05, 3.63) is 12.2 Å². The first-order chi connectivity index (χ1) is 3.41. The van der Waals surface area contributed by atoms with Gasteiger partial charge < -0.3 is 5.32 Å². The molecule has 0 aliphatic heterocycles. The van der Waals surface area contributed by atoms with Gasteiger partial charge in [0.1, 0.15) is 0 Å². The van der Waals surface area contributed by atoms with Gasteiger partial charge >= 0.3 is 0 Å².